The largest absolute Gasteiger partial charge is 0.383 e. The molecule has 0 saturated carbocycles. The molecule has 0 aliphatic heterocycles. The summed E-state index contributed by atoms with van der Waals surface area (Å²) in [4.78, 5) is 8.77. The van der Waals surface area contributed by atoms with Crippen LogP contribution in [0.2, 0.25) is 0 Å². The van der Waals surface area contributed by atoms with Crippen molar-refractivity contribution in [2.45, 2.75) is 26.7 Å². The van der Waals surface area contributed by atoms with E-state index in [9.17, 15) is 4.39 Å². The van der Waals surface area contributed by atoms with Gasteiger partial charge in [-0.3, -0.25) is 0 Å². The van der Waals surface area contributed by atoms with Gasteiger partial charge in [-0.05, 0) is 37.6 Å². The zero-order valence-electron chi connectivity index (χ0n) is 10.6. The average Bonchev–Trinajstić information content (AvgIpc) is 2.35. The van der Waals surface area contributed by atoms with E-state index < -0.39 is 0 Å². The van der Waals surface area contributed by atoms with Crippen molar-refractivity contribution in [3.63, 3.8) is 0 Å². The van der Waals surface area contributed by atoms with Gasteiger partial charge in [-0.25, -0.2) is 14.4 Å². The fourth-order valence-corrected chi connectivity index (χ4v) is 1.81. The number of hydrogen-bond acceptors (Lipinski definition) is 3. The molecule has 0 unspecified atom stereocenters. The summed E-state index contributed by atoms with van der Waals surface area (Å²) < 4.78 is 12.9. The van der Waals surface area contributed by atoms with Crippen LogP contribution in [0.4, 0.5) is 10.2 Å². The van der Waals surface area contributed by atoms with E-state index in [0.29, 0.717) is 5.82 Å². The van der Waals surface area contributed by atoms with Gasteiger partial charge >= 0.3 is 0 Å². The van der Waals surface area contributed by atoms with Crippen LogP contribution in [0.25, 0.3) is 11.3 Å². The fourth-order valence-electron chi connectivity index (χ4n) is 1.81. The first-order chi connectivity index (χ1) is 8.61. The number of anilines is 1. The Kier molecular flexibility index (Phi) is 3.55. The van der Waals surface area contributed by atoms with Crippen LogP contribution in [0.3, 0.4) is 0 Å². The maximum Gasteiger partial charge on any atom is 0.131 e. The summed E-state index contributed by atoms with van der Waals surface area (Å²) in [6.07, 6.45) is 1.75. The van der Waals surface area contributed by atoms with E-state index >= 15 is 0 Å². The van der Waals surface area contributed by atoms with E-state index in [0.717, 1.165) is 35.5 Å². The monoisotopic (exact) mass is 245 g/mol. The standard InChI is InChI=1S/C14H16FN3/c1-3-4-12-17-13(9(2)14(16)18-12)10-5-7-11(15)8-6-10/h5-8H,3-4H2,1-2H3,(H2,16,17,18). The van der Waals surface area contributed by atoms with Crippen molar-refractivity contribution in [2.75, 3.05) is 5.73 Å². The van der Waals surface area contributed by atoms with Gasteiger partial charge in [0.1, 0.15) is 17.5 Å². The number of aromatic nitrogens is 2. The lowest BCUT2D eigenvalue weighted by Gasteiger charge is -2.09. The molecule has 2 aromatic rings. The van der Waals surface area contributed by atoms with Crippen LogP contribution in [0.5, 0.6) is 0 Å². The maximum atomic E-state index is 12.9. The van der Waals surface area contributed by atoms with Crippen molar-refractivity contribution in [1.29, 1.82) is 0 Å². The lowest BCUT2D eigenvalue weighted by atomic mass is 10.1. The lowest BCUT2D eigenvalue weighted by Crippen LogP contribution is -2.04. The van der Waals surface area contributed by atoms with Crippen LogP contribution in [0.15, 0.2) is 24.3 Å². The Balaban J connectivity index is 2.51. The van der Waals surface area contributed by atoms with Gasteiger partial charge in [-0.1, -0.05) is 6.92 Å². The number of nitrogens with zero attached hydrogens (tertiary/aromatic N) is 2. The second-order valence-corrected chi connectivity index (χ2v) is 4.26. The predicted molar refractivity (Wildman–Crippen MR) is 70.6 cm³/mol. The minimum absolute atomic E-state index is 0.257. The van der Waals surface area contributed by atoms with Gasteiger partial charge in [0.15, 0.2) is 0 Å². The Labute approximate surface area is 106 Å². The van der Waals surface area contributed by atoms with E-state index in [-0.39, 0.29) is 5.82 Å². The third-order valence-corrected chi connectivity index (χ3v) is 2.82. The summed E-state index contributed by atoms with van der Waals surface area (Å²) >= 11 is 0. The molecule has 0 saturated heterocycles. The summed E-state index contributed by atoms with van der Waals surface area (Å²) in [5.74, 6) is 0.972. The topological polar surface area (TPSA) is 51.8 Å². The van der Waals surface area contributed by atoms with E-state index in [1.54, 1.807) is 12.1 Å². The molecule has 4 heteroatoms. The van der Waals surface area contributed by atoms with Crippen molar-refractivity contribution in [1.82, 2.24) is 9.97 Å². The summed E-state index contributed by atoms with van der Waals surface area (Å²) in [5.41, 5.74) is 8.37. The van der Waals surface area contributed by atoms with Gasteiger partial charge in [0.25, 0.3) is 0 Å². The molecule has 0 aliphatic carbocycles. The van der Waals surface area contributed by atoms with Gasteiger partial charge in [0.05, 0.1) is 5.69 Å². The molecule has 0 aliphatic rings. The first-order valence-electron chi connectivity index (χ1n) is 6.00. The molecule has 2 rings (SSSR count). The Morgan fingerprint density at radius 3 is 2.44 bits per heavy atom. The predicted octanol–water partition coefficient (Wildman–Crippen LogP) is 3.13. The molecule has 0 spiro atoms. The van der Waals surface area contributed by atoms with Crippen molar-refractivity contribution >= 4 is 5.82 Å². The molecule has 3 nitrogen and oxygen atoms in total. The highest BCUT2D eigenvalue weighted by Crippen LogP contribution is 2.24. The lowest BCUT2D eigenvalue weighted by molar-refractivity contribution is 0.628. The van der Waals surface area contributed by atoms with Crippen LogP contribution < -0.4 is 5.73 Å². The van der Waals surface area contributed by atoms with Crippen LogP contribution in [0, 0.1) is 12.7 Å². The Bertz CT molecular complexity index is 550. The number of aryl methyl sites for hydroxylation is 1. The van der Waals surface area contributed by atoms with Crippen molar-refractivity contribution in [2.24, 2.45) is 0 Å². The van der Waals surface area contributed by atoms with Gasteiger partial charge in [-0.15, -0.1) is 0 Å². The number of benzene rings is 1. The molecule has 0 bridgehead atoms. The van der Waals surface area contributed by atoms with Crippen molar-refractivity contribution < 1.29 is 4.39 Å². The quantitative estimate of drug-likeness (QED) is 0.903. The van der Waals surface area contributed by atoms with Crippen LogP contribution >= 0.6 is 0 Å². The summed E-state index contributed by atoms with van der Waals surface area (Å²) in [6, 6.07) is 6.26. The van der Waals surface area contributed by atoms with E-state index in [1.807, 2.05) is 6.92 Å². The molecule has 1 aromatic heterocycles. The molecule has 0 fully saturated rings. The number of halogens is 1. The van der Waals surface area contributed by atoms with Crippen LogP contribution in [-0.2, 0) is 6.42 Å². The summed E-state index contributed by atoms with van der Waals surface area (Å²) in [5, 5.41) is 0. The van der Waals surface area contributed by atoms with E-state index in [2.05, 4.69) is 16.9 Å². The molecule has 1 aromatic carbocycles. The highest BCUT2D eigenvalue weighted by atomic mass is 19.1. The molecular weight excluding hydrogens is 229 g/mol. The van der Waals surface area contributed by atoms with Gasteiger partial charge in [0, 0.05) is 17.5 Å². The van der Waals surface area contributed by atoms with E-state index in [4.69, 9.17) is 5.73 Å². The smallest absolute Gasteiger partial charge is 0.131 e. The summed E-state index contributed by atoms with van der Waals surface area (Å²) in [6.45, 7) is 3.95. The third-order valence-electron chi connectivity index (χ3n) is 2.82. The number of nitrogens with two attached hydrogens (primary N) is 1. The highest BCUT2D eigenvalue weighted by Gasteiger charge is 2.10. The Morgan fingerprint density at radius 2 is 1.83 bits per heavy atom. The number of nitrogen functional groups attached to an aromatic ring is 1. The minimum Gasteiger partial charge on any atom is -0.383 e. The van der Waals surface area contributed by atoms with Crippen molar-refractivity contribution in [3.05, 3.63) is 41.5 Å². The summed E-state index contributed by atoms with van der Waals surface area (Å²) in [7, 11) is 0. The molecule has 0 atom stereocenters. The molecule has 2 N–H and O–H groups in total. The minimum atomic E-state index is -0.257. The maximum absolute atomic E-state index is 12.9. The normalized spacial score (nSPS) is 10.6. The molecule has 1 heterocycles. The molecule has 0 radical (unpaired) electrons. The Hall–Kier alpha value is -1.97. The van der Waals surface area contributed by atoms with E-state index in [1.165, 1.54) is 12.1 Å². The van der Waals surface area contributed by atoms with Gasteiger partial charge in [-0.2, -0.15) is 0 Å². The molecule has 0 amide bonds. The first kappa shape index (κ1) is 12.5. The van der Waals surface area contributed by atoms with Crippen LogP contribution in [-0.4, -0.2) is 9.97 Å². The second-order valence-electron chi connectivity index (χ2n) is 4.26. The molecule has 94 valence electrons. The molecular formula is C14H16FN3. The Morgan fingerprint density at radius 1 is 1.17 bits per heavy atom. The number of rotatable bonds is 3. The zero-order valence-corrected chi connectivity index (χ0v) is 10.6. The highest BCUT2D eigenvalue weighted by molar-refractivity contribution is 5.67. The zero-order chi connectivity index (χ0) is 13.1. The SMILES string of the molecule is CCCc1nc(N)c(C)c(-c2ccc(F)cc2)n1. The first-order valence-corrected chi connectivity index (χ1v) is 6.00. The number of hydrogen-bond donors (Lipinski definition) is 1. The average molecular weight is 245 g/mol. The van der Waals surface area contributed by atoms with Crippen molar-refractivity contribution in [3.8, 4) is 11.3 Å². The second kappa shape index (κ2) is 5.12. The molecule has 18 heavy (non-hydrogen) atoms. The third kappa shape index (κ3) is 2.47. The van der Waals surface area contributed by atoms with Gasteiger partial charge in [0.2, 0.25) is 0 Å². The van der Waals surface area contributed by atoms with Crippen LogP contribution in [0.1, 0.15) is 24.7 Å². The fraction of sp³-hybridized carbons (Fsp3) is 0.286. The van der Waals surface area contributed by atoms with Gasteiger partial charge < -0.3 is 5.73 Å².